The Kier molecular flexibility index (Phi) is 3.92. The lowest BCUT2D eigenvalue weighted by atomic mass is 9.44. The molecule has 3 saturated carbocycles. The van der Waals surface area contributed by atoms with Crippen molar-refractivity contribution in [3.63, 3.8) is 0 Å². The molecule has 158 valence electrons. The van der Waals surface area contributed by atoms with Gasteiger partial charge in [0.2, 0.25) is 6.29 Å². The number of esters is 2. The molecule has 2 spiro atoms. The van der Waals surface area contributed by atoms with Gasteiger partial charge < -0.3 is 19.3 Å². The first-order chi connectivity index (χ1) is 13.7. The van der Waals surface area contributed by atoms with E-state index in [1.807, 2.05) is 0 Å². The molecule has 2 bridgehead atoms. The van der Waals surface area contributed by atoms with Gasteiger partial charge in [-0.15, -0.1) is 0 Å². The molecule has 7 heteroatoms. The Labute approximate surface area is 169 Å². The van der Waals surface area contributed by atoms with Gasteiger partial charge in [0.1, 0.15) is 5.41 Å². The van der Waals surface area contributed by atoms with Gasteiger partial charge >= 0.3 is 11.9 Å². The van der Waals surface area contributed by atoms with Crippen LogP contribution >= 0.6 is 0 Å². The van der Waals surface area contributed by atoms with Gasteiger partial charge in [0.15, 0.2) is 5.78 Å². The third-order valence-electron chi connectivity index (χ3n) is 8.55. The van der Waals surface area contributed by atoms with E-state index in [9.17, 15) is 19.5 Å². The molecule has 5 aliphatic rings. The average Bonchev–Trinajstić information content (AvgIpc) is 3.08. The zero-order chi connectivity index (χ0) is 20.8. The summed E-state index contributed by atoms with van der Waals surface area (Å²) in [5.41, 5.74) is -1.90. The molecule has 0 radical (unpaired) electrons. The zero-order valence-corrected chi connectivity index (χ0v) is 16.9. The highest BCUT2D eigenvalue weighted by Gasteiger charge is 2.76. The standard InChI is InChI=1S/C22H28O7/c1-11-13-7-14(24)15-21(10-28-19(26)22(15,8-13)17(11)25)6-4-5-20(3)9-27-18(16(20)21)29-12(2)23/h13-16,18,24H,1,4-10H2,2-3H3/t13?,14-,15+,16-,18-,20+,21?,22?/m1/s1. The first-order valence-corrected chi connectivity index (χ1v) is 10.5. The number of hydrogen-bond acceptors (Lipinski definition) is 7. The Hall–Kier alpha value is -1.73. The number of ether oxygens (including phenoxy) is 3. The van der Waals surface area contributed by atoms with Crippen LogP contribution in [0.15, 0.2) is 12.2 Å². The fraction of sp³-hybridized carbons (Fsp3) is 0.773. The van der Waals surface area contributed by atoms with Crippen molar-refractivity contribution < 1.29 is 33.7 Å². The van der Waals surface area contributed by atoms with Gasteiger partial charge in [-0.05, 0) is 37.2 Å². The van der Waals surface area contributed by atoms with E-state index in [1.54, 1.807) is 0 Å². The molecule has 1 N–H and O–H groups in total. The lowest BCUT2D eigenvalue weighted by Gasteiger charge is -2.61. The molecule has 7 nitrogen and oxygen atoms in total. The van der Waals surface area contributed by atoms with Crippen molar-refractivity contribution in [2.24, 2.45) is 34.0 Å². The van der Waals surface area contributed by atoms with Crippen molar-refractivity contribution in [1.29, 1.82) is 0 Å². The highest BCUT2D eigenvalue weighted by atomic mass is 16.7. The molecule has 3 unspecified atom stereocenters. The van der Waals surface area contributed by atoms with Crippen molar-refractivity contribution in [2.75, 3.05) is 13.2 Å². The summed E-state index contributed by atoms with van der Waals surface area (Å²) in [5, 5.41) is 11.3. The Balaban J connectivity index is 1.67. The normalized spacial score (nSPS) is 50.9. The summed E-state index contributed by atoms with van der Waals surface area (Å²) in [6, 6.07) is 0. The van der Waals surface area contributed by atoms with E-state index in [0.29, 0.717) is 31.4 Å². The van der Waals surface area contributed by atoms with Crippen LogP contribution < -0.4 is 0 Å². The van der Waals surface area contributed by atoms with Gasteiger partial charge in [-0.2, -0.15) is 0 Å². The van der Waals surface area contributed by atoms with Crippen LogP contribution in [0.3, 0.4) is 0 Å². The van der Waals surface area contributed by atoms with Crippen molar-refractivity contribution in [3.8, 4) is 0 Å². The molecule has 3 aliphatic carbocycles. The quantitative estimate of drug-likeness (QED) is 0.404. The Morgan fingerprint density at radius 2 is 2.00 bits per heavy atom. The summed E-state index contributed by atoms with van der Waals surface area (Å²) < 4.78 is 17.2. The monoisotopic (exact) mass is 404 g/mol. The number of allylic oxidation sites excluding steroid dienone is 1. The van der Waals surface area contributed by atoms with E-state index in [0.717, 1.165) is 12.8 Å². The topological polar surface area (TPSA) is 99.1 Å². The predicted octanol–water partition coefficient (Wildman–Crippen LogP) is 1.77. The van der Waals surface area contributed by atoms with Crippen LogP contribution in [0.5, 0.6) is 0 Å². The van der Waals surface area contributed by atoms with Crippen molar-refractivity contribution >= 4 is 17.7 Å². The van der Waals surface area contributed by atoms with Gasteiger partial charge in [-0.1, -0.05) is 19.9 Å². The number of aliphatic hydroxyl groups is 1. The fourth-order valence-corrected chi connectivity index (χ4v) is 7.65. The van der Waals surface area contributed by atoms with E-state index >= 15 is 0 Å². The van der Waals surface area contributed by atoms with Crippen LogP contribution in [0.2, 0.25) is 0 Å². The highest BCUT2D eigenvalue weighted by Crippen LogP contribution is 2.69. The van der Waals surface area contributed by atoms with E-state index in [1.165, 1.54) is 6.92 Å². The molecule has 5 fully saturated rings. The number of rotatable bonds is 1. The van der Waals surface area contributed by atoms with Crippen LogP contribution in [0.4, 0.5) is 0 Å². The van der Waals surface area contributed by atoms with Gasteiger partial charge in [0.05, 0.1) is 19.3 Å². The third kappa shape index (κ3) is 2.23. The molecule has 0 aromatic carbocycles. The summed E-state index contributed by atoms with van der Waals surface area (Å²) in [4.78, 5) is 38.2. The molecule has 0 aromatic heterocycles. The van der Waals surface area contributed by atoms with Crippen LogP contribution in [0.1, 0.15) is 46.0 Å². The molecule has 2 heterocycles. The maximum atomic E-state index is 13.3. The number of Topliss-reactive ketones (excluding diaryl/α,β-unsaturated/α-hetero) is 1. The first kappa shape index (κ1) is 19.2. The molecule has 0 aromatic rings. The molecule has 0 amide bonds. The number of hydrogen-bond donors (Lipinski definition) is 1. The first-order valence-electron chi connectivity index (χ1n) is 10.5. The van der Waals surface area contributed by atoms with Crippen LogP contribution in [0.25, 0.3) is 0 Å². The number of ketones is 1. The van der Waals surface area contributed by atoms with Crippen molar-refractivity contribution in [3.05, 3.63) is 12.2 Å². The number of carbonyl (C=O) groups is 3. The maximum absolute atomic E-state index is 13.3. The predicted molar refractivity (Wildman–Crippen MR) is 99.1 cm³/mol. The minimum atomic E-state index is -1.38. The summed E-state index contributed by atoms with van der Waals surface area (Å²) in [7, 11) is 0. The van der Waals surface area contributed by atoms with Crippen LogP contribution in [-0.4, -0.2) is 48.4 Å². The molecule has 29 heavy (non-hydrogen) atoms. The molecule has 5 rings (SSSR count). The minimum Gasteiger partial charge on any atom is -0.464 e. The highest BCUT2D eigenvalue weighted by molar-refractivity contribution is 6.15. The molecular weight excluding hydrogens is 376 g/mol. The zero-order valence-electron chi connectivity index (χ0n) is 16.9. The Morgan fingerprint density at radius 3 is 2.72 bits per heavy atom. The number of carbonyl (C=O) groups excluding carboxylic acids is 3. The third-order valence-corrected chi connectivity index (χ3v) is 8.55. The fourth-order valence-electron chi connectivity index (χ4n) is 7.65. The van der Waals surface area contributed by atoms with Gasteiger partial charge in [-0.3, -0.25) is 14.4 Å². The molecule has 2 aliphatic heterocycles. The molecular formula is C22H28O7. The SMILES string of the molecule is C=C1C(=O)C23CC1C[C@@H](O)[C@H]2C1(CCC[C@@]2(C)CO[C@H](OC(C)=O)[C@@H]12)COC3=O. The second-order valence-electron chi connectivity index (χ2n) is 10.1. The maximum Gasteiger partial charge on any atom is 0.320 e. The summed E-state index contributed by atoms with van der Waals surface area (Å²) in [6.07, 6.45) is 1.66. The lowest BCUT2D eigenvalue weighted by Crippen LogP contribution is -2.67. The lowest BCUT2D eigenvalue weighted by molar-refractivity contribution is -0.245. The van der Waals surface area contributed by atoms with E-state index in [4.69, 9.17) is 14.2 Å². The molecule has 8 atom stereocenters. The van der Waals surface area contributed by atoms with E-state index in [-0.39, 0.29) is 29.6 Å². The van der Waals surface area contributed by atoms with Crippen LogP contribution in [-0.2, 0) is 28.6 Å². The molecule has 2 saturated heterocycles. The minimum absolute atomic E-state index is 0.112. The summed E-state index contributed by atoms with van der Waals surface area (Å²) >= 11 is 0. The number of cyclic esters (lactones) is 1. The summed E-state index contributed by atoms with van der Waals surface area (Å²) in [5.74, 6) is -2.26. The van der Waals surface area contributed by atoms with E-state index < -0.39 is 41.1 Å². The van der Waals surface area contributed by atoms with Crippen molar-refractivity contribution in [2.45, 2.75) is 58.3 Å². The van der Waals surface area contributed by atoms with Crippen molar-refractivity contribution in [1.82, 2.24) is 0 Å². The largest absolute Gasteiger partial charge is 0.464 e. The average molecular weight is 404 g/mol. The Bertz CT molecular complexity index is 820. The second kappa shape index (κ2) is 5.91. The number of aliphatic hydroxyl groups excluding tert-OH is 1. The summed E-state index contributed by atoms with van der Waals surface area (Å²) in [6.45, 7) is 7.94. The van der Waals surface area contributed by atoms with Gasteiger partial charge in [-0.25, -0.2) is 0 Å². The van der Waals surface area contributed by atoms with Gasteiger partial charge in [0.25, 0.3) is 0 Å². The van der Waals surface area contributed by atoms with Gasteiger partial charge in [0, 0.05) is 29.6 Å². The smallest absolute Gasteiger partial charge is 0.320 e. The van der Waals surface area contributed by atoms with Crippen LogP contribution in [0, 0.1) is 34.0 Å². The Morgan fingerprint density at radius 1 is 1.24 bits per heavy atom. The van der Waals surface area contributed by atoms with E-state index in [2.05, 4.69) is 13.5 Å². The second-order valence-corrected chi connectivity index (χ2v) is 10.1. The number of fused-ring (bicyclic) bond motifs is 4.